The van der Waals surface area contributed by atoms with Crippen LogP contribution in [0.15, 0.2) is 30.4 Å². The Bertz CT molecular complexity index is 804. The molecular weight excluding hydrogens is 340 g/mol. The molecule has 1 aliphatic rings. The second kappa shape index (κ2) is 7.86. The Hall–Kier alpha value is -3.09. The fourth-order valence-corrected chi connectivity index (χ4v) is 2.73. The maximum atomic E-state index is 12.5. The number of fused-ring (bicyclic) bond motifs is 1. The summed E-state index contributed by atoms with van der Waals surface area (Å²) >= 11 is 0. The van der Waals surface area contributed by atoms with Crippen molar-refractivity contribution in [2.24, 2.45) is 5.92 Å². The smallest absolute Gasteiger partial charge is 0.338 e. The molecule has 0 saturated heterocycles. The van der Waals surface area contributed by atoms with Gasteiger partial charge in [-0.05, 0) is 30.9 Å². The van der Waals surface area contributed by atoms with Gasteiger partial charge >= 0.3 is 17.9 Å². The van der Waals surface area contributed by atoms with Gasteiger partial charge in [0.1, 0.15) is 5.76 Å². The summed E-state index contributed by atoms with van der Waals surface area (Å²) in [6.07, 6.45) is 2.27. The third-order valence-corrected chi connectivity index (χ3v) is 4.21. The molecule has 0 heterocycles. The molecule has 7 nitrogen and oxygen atoms in total. The molecule has 0 bridgehead atoms. The zero-order chi connectivity index (χ0) is 19.4. The molecular formula is C19H20O7. The maximum Gasteiger partial charge on any atom is 0.338 e. The van der Waals surface area contributed by atoms with Crippen molar-refractivity contribution in [1.82, 2.24) is 0 Å². The summed E-state index contributed by atoms with van der Waals surface area (Å²) in [7, 11) is 0. The summed E-state index contributed by atoms with van der Waals surface area (Å²) in [6, 6.07) is 4.66. The van der Waals surface area contributed by atoms with E-state index >= 15 is 0 Å². The zero-order valence-corrected chi connectivity index (χ0v) is 14.4. The molecule has 0 fully saturated rings. The van der Waals surface area contributed by atoms with Gasteiger partial charge in [-0.25, -0.2) is 9.59 Å². The van der Waals surface area contributed by atoms with E-state index in [0.717, 1.165) is 0 Å². The zero-order valence-electron chi connectivity index (χ0n) is 14.4. The number of hydrogen-bond acceptors (Lipinski definition) is 5. The second-order valence-electron chi connectivity index (χ2n) is 6.05. The minimum absolute atomic E-state index is 0.0263. The number of carbonyl (C=O) groups is 3. The van der Waals surface area contributed by atoms with Crippen LogP contribution in [0.3, 0.4) is 0 Å². The van der Waals surface area contributed by atoms with Crippen molar-refractivity contribution in [2.75, 3.05) is 0 Å². The molecule has 1 aliphatic carbocycles. The lowest BCUT2D eigenvalue weighted by molar-refractivity contribution is -0.141. The summed E-state index contributed by atoms with van der Waals surface area (Å²) < 4.78 is 5.32. The number of carboxylic acids is 2. The highest BCUT2D eigenvalue weighted by Crippen LogP contribution is 2.35. The lowest BCUT2D eigenvalue weighted by atomic mass is 9.81. The molecule has 2 rings (SSSR count). The van der Waals surface area contributed by atoms with Gasteiger partial charge in [0, 0.05) is 5.56 Å². The van der Waals surface area contributed by atoms with Gasteiger partial charge in [-0.2, -0.15) is 0 Å². The predicted octanol–water partition coefficient (Wildman–Crippen LogP) is 2.65. The van der Waals surface area contributed by atoms with Gasteiger partial charge in [-0.1, -0.05) is 31.2 Å². The van der Waals surface area contributed by atoms with Crippen LogP contribution in [0.4, 0.5) is 0 Å². The van der Waals surface area contributed by atoms with E-state index < -0.39 is 29.6 Å². The molecule has 0 aliphatic heterocycles. The van der Waals surface area contributed by atoms with Crippen LogP contribution >= 0.6 is 0 Å². The SMILES string of the molecule is CCC(C)OC(=O)C1=CC(C(=O)O)Cc2c1cccc2/C(O)=C/C(=O)O. The largest absolute Gasteiger partial charge is 0.507 e. The van der Waals surface area contributed by atoms with E-state index in [0.29, 0.717) is 23.6 Å². The number of esters is 1. The lowest BCUT2D eigenvalue weighted by Gasteiger charge is -2.24. The molecule has 0 amide bonds. The number of hydrogen-bond donors (Lipinski definition) is 3. The number of carbonyl (C=O) groups excluding carboxylic acids is 1. The Morgan fingerprint density at radius 2 is 1.96 bits per heavy atom. The third-order valence-electron chi connectivity index (χ3n) is 4.21. The Kier molecular flexibility index (Phi) is 5.82. The van der Waals surface area contributed by atoms with Crippen molar-refractivity contribution in [1.29, 1.82) is 0 Å². The molecule has 2 atom stereocenters. The number of aliphatic hydroxyl groups excluding tert-OH is 1. The first kappa shape index (κ1) is 19.2. The highest BCUT2D eigenvalue weighted by Gasteiger charge is 2.31. The van der Waals surface area contributed by atoms with Crippen molar-refractivity contribution in [3.8, 4) is 0 Å². The molecule has 0 spiro atoms. The van der Waals surface area contributed by atoms with Crippen LogP contribution in [0, 0.1) is 5.92 Å². The van der Waals surface area contributed by atoms with Crippen molar-refractivity contribution in [3.63, 3.8) is 0 Å². The van der Waals surface area contributed by atoms with Crippen molar-refractivity contribution in [3.05, 3.63) is 47.0 Å². The molecule has 2 unspecified atom stereocenters. The Morgan fingerprint density at radius 3 is 2.54 bits per heavy atom. The number of rotatable bonds is 6. The van der Waals surface area contributed by atoms with Crippen LogP contribution in [0.2, 0.25) is 0 Å². The fraction of sp³-hybridized carbons (Fsp3) is 0.316. The van der Waals surface area contributed by atoms with Crippen LogP contribution in [0.1, 0.15) is 37.0 Å². The van der Waals surface area contributed by atoms with Gasteiger partial charge in [-0.15, -0.1) is 0 Å². The summed E-state index contributed by atoms with van der Waals surface area (Å²) in [5, 5.41) is 28.3. The van der Waals surface area contributed by atoms with Gasteiger partial charge in [0.2, 0.25) is 0 Å². The maximum absolute atomic E-state index is 12.5. The van der Waals surface area contributed by atoms with E-state index in [-0.39, 0.29) is 23.7 Å². The van der Waals surface area contributed by atoms with Gasteiger partial charge in [0.05, 0.1) is 23.7 Å². The minimum Gasteiger partial charge on any atom is -0.507 e. The Balaban J connectivity index is 2.57. The number of ether oxygens (including phenoxy) is 1. The average molecular weight is 360 g/mol. The molecule has 0 saturated carbocycles. The summed E-state index contributed by atoms with van der Waals surface area (Å²) in [5.74, 6) is -4.60. The molecule has 138 valence electrons. The monoisotopic (exact) mass is 360 g/mol. The molecule has 26 heavy (non-hydrogen) atoms. The van der Waals surface area contributed by atoms with E-state index in [1.807, 2.05) is 6.92 Å². The topological polar surface area (TPSA) is 121 Å². The van der Waals surface area contributed by atoms with Crippen LogP contribution < -0.4 is 0 Å². The highest BCUT2D eigenvalue weighted by molar-refractivity contribution is 6.18. The van der Waals surface area contributed by atoms with Crippen LogP contribution in [-0.4, -0.2) is 39.3 Å². The van der Waals surface area contributed by atoms with Gasteiger partial charge in [0.25, 0.3) is 0 Å². The third kappa shape index (κ3) is 4.11. The van der Waals surface area contributed by atoms with Crippen molar-refractivity contribution in [2.45, 2.75) is 32.8 Å². The van der Waals surface area contributed by atoms with Crippen LogP contribution in [0.25, 0.3) is 11.3 Å². The number of aliphatic carboxylic acids is 2. The Morgan fingerprint density at radius 1 is 1.27 bits per heavy atom. The molecule has 1 aromatic rings. The predicted molar refractivity (Wildman–Crippen MR) is 93.3 cm³/mol. The summed E-state index contributed by atoms with van der Waals surface area (Å²) in [4.78, 5) is 34.8. The first-order valence-electron chi connectivity index (χ1n) is 8.16. The molecule has 0 aromatic heterocycles. The molecule has 3 N–H and O–H groups in total. The standard InChI is InChI=1S/C19H20O7/c1-3-10(2)26-19(25)15-8-11(18(23)24)7-14-12(15)5-4-6-13(14)16(20)9-17(21)22/h4-6,8-11,20H,3,7H2,1-2H3,(H,21,22)(H,23,24)/b16-9-. The number of benzene rings is 1. The van der Waals surface area contributed by atoms with E-state index in [4.69, 9.17) is 9.84 Å². The summed E-state index contributed by atoms with van der Waals surface area (Å²) in [5.41, 5.74) is 1.11. The van der Waals surface area contributed by atoms with Crippen LogP contribution in [-0.2, 0) is 25.5 Å². The summed E-state index contributed by atoms with van der Waals surface area (Å²) in [6.45, 7) is 3.59. The lowest BCUT2D eigenvalue weighted by Crippen LogP contribution is -2.24. The van der Waals surface area contributed by atoms with Gasteiger partial charge in [-0.3, -0.25) is 4.79 Å². The normalized spacial score (nSPS) is 17.7. The van der Waals surface area contributed by atoms with Gasteiger partial charge < -0.3 is 20.1 Å². The minimum atomic E-state index is -1.34. The molecule has 1 aromatic carbocycles. The highest BCUT2D eigenvalue weighted by atomic mass is 16.5. The van der Waals surface area contributed by atoms with Crippen molar-refractivity contribution < 1.29 is 34.4 Å². The van der Waals surface area contributed by atoms with E-state index in [9.17, 15) is 24.6 Å². The van der Waals surface area contributed by atoms with E-state index in [1.165, 1.54) is 12.1 Å². The molecule has 7 heteroatoms. The quantitative estimate of drug-likeness (QED) is 0.405. The average Bonchev–Trinajstić information content (AvgIpc) is 2.59. The van der Waals surface area contributed by atoms with E-state index in [2.05, 4.69) is 0 Å². The number of carboxylic acid groups (broad SMARTS) is 2. The van der Waals surface area contributed by atoms with Gasteiger partial charge in [0.15, 0.2) is 0 Å². The molecule has 0 radical (unpaired) electrons. The van der Waals surface area contributed by atoms with Crippen LogP contribution in [0.5, 0.6) is 0 Å². The second-order valence-corrected chi connectivity index (χ2v) is 6.05. The first-order chi connectivity index (χ1) is 12.2. The fourth-order valence-electron chi connectivity index (χ4n) is 2.73. The first-order valence-corrected chi connectivity index (χ1v) is 8.16. The number of aliphatic hydroxyl groups is 1. The van der Waals surface area contributed by atoms with Crippen molar-refractivity contribution >= 4 is 29.2 Å². The van der Waals surface area contributed by atoms with E-state index in [1.54, 1.807) is 19.1 Å². The Labute approximate surface area is 150 Å².